The molecule has 0 aromatic heterocycles. The highest BCUT2D eigenvalue weighted by molar-refractivity contribution is 8.31. The van der Waals surface area contributed by atoms with Gasteiger partial charge < -0.3 is 15.0 Å². The van der Waals surface area contributed by atoms with Crippen LogP contribution in [0.4, 0.5) is 0 Å². The molecule has 4 rings (SSSR count). The van der Waals surface area contributed by atoms with Gasteiger partial charge in [0.05, 0.1) is 23.0 Å². The average molecular weight is 763 g/mol. The van der Waals surface area contributed by atoms with Gasteiger partial charge in [0, 0.05) is 21.5 Å². The van der Waals surface area contributed by atoms with Crippen LogP contribution in [-0.4, -0.2) is 39.2 Å². The first-order valence-corrected chi connectivity index (χ1v) is 22.7. The SMILES string of the molecule is CCCCCCCCCCCOc1ccc(S(=O)(=O)C(=[N+]=[N-])S(=O)(=O)c2ccc(OCCCCCCCCCCC)c3ccccc23)c2ccccc12. The molecular weight excluding hydrogens is 705 g/mol. The summed E-state index contributed by atoms with van der Waals surface area (Å²) in [6.45, 7) is 5.40. The van der Waals surface area contributed by atoms with Crippen molar-refractivity contribution in [1.82, 2.24) is 0 Å². The summed E-state index contributed by atoms with van der Waals surface area (Å²) in [4.78, 5) is 2.36. The lowest BCUT2D eigenvalue weighted by atomic mass is 10.1. The summed E-state index contributed by atoms with van der Waals surface area (Å²) in [5.41, 5.74) is 10.1. The fourth-order valence-corrected chi connectivity index (χ4v) is 10.6. The number of rotatable bonds is 24. The third-order valence-corrected chi connectivity index (χ3v) is 14.1. The maximum absolute atomic E-state index is 14.1. The molecule has 0 heterocycles. The van der Waals surface area contributed by atoms with Gasteiger partial charge in [0.25, 0.3) is 19.7 Å². The Balaban J connectivity index is 1.46. The minimum Gasteiger partial charge on any atom is -0.493 e. The van der Waals surface area contributed by atoms with E-state index in [0.717, 1.165) is 38.5 Å². The van der Waals surface area contributed by atoms with Crippen LogP contribution in [0.5, 0.6) is 11.5 Å². The highest BCUT2D eigenvalue weighted by atomic mass is 32.3. The zero-order valence-corrected chi connectivity index (χ0v) is 33.4. The van der Waals surface area contributed by atoms with Gasteiger partial charge in [0.1, 0.15) is 11.5 Å². The van der Waals surface area contributed by atoms with Gasteiger partial charge in [0.15, 0.2) is 0 Å². The Morgan fingerprint density at radius 2 is 0.792 bits per heavy atom. The van der Waals surface area contributed by atoms with E-state index in [2.05, 4.69) is 18.6 Å². The molecule has 0 atom stereocenters. The molecule has 0 aliphatic carbocycles. The summed E-state index contributed by atoms with van der Waals surface area (Å²) in [7, 11) is -9.66. The quantitative estimate of drug-likeness (QED) is 0.0230. The molecule has 8 nitrogen and oxygen atoms in total. The van der Waals surface area contributed by atoms with Gasteiger partial charge in [-0.05, 0) is 37.1 Å². The molecule has 53 heavy (non-hydrogen) atoms. The number of unbranched alkanes of at least 4 members (excludes halogenated alkanes) is 16. The summed E-state index contributed by atoms with van der Waals surface area (Å²) in [6, 6.07) is 19.3. The summed E-state index contributed by atoms with van der Waals surface area (Å²) in [5, 5.41) is 1.60. The fraction of sp³-hybridized carbons (Fsp3) is 0.512. The Hall–Kier alpha value is -3.72. The van der Waals surface area contributed by atoms with Gasteiger partial charge in [0.2, 0.25) is 0 Å². The van der Waals surface area contributed by atoms with Gasteiger partial charge in [-0.15, -0.1) is 4.79 Å². The zero-order chi connectivity index (χ0) is 37.9. The van der Waals surface area contributed by atoms with Gasteiger partial charge in [-0.25, -0.2) is 16.8 Å². The van der Waals surface area contributed by atoms with Crippen LogP contribution >= 0.6 is 0 Å². The predicted octanol–water partition coefficient (Wildman–Crippen LogP) is 11.6. The second-order valence-corrected chi connectivity index (χ2v) is 17.9. The molecule has 0 spiro atoms. The monoisotopic (exact) mass is 762 g/mol. The highest BCUT2D eigenvalue weighted by Gasteiger charge is 2.45. The van der Waals surface area contributed by atoms with E-state index in [0.29, 0.717) is 35.5 Å². The largest absolute Gasteiger partial charge is 0.504 e. The Labute approximate surface area is 317 Å². The maximum atomic E-state index is 14.1. The van der Waals surface area contributed by atoms with Crippen molar-refractivity contribution in [3.8, 4) is 11.5 Å². The first-order valence-electron chi connectivity index (χ1n) is 19.8. The van der Waals surface area contributed by atoms with E-state index in [1.54, 1.807) is 60.7 Å². The van der Waals surface area contributed by atoms with Crippen LogP contribution in [-0.2, 0) is 19.7 Å². The molecule has 0 saturated carbocycles. The fourth-order valence-electron chi connectivity index (χ4n) is 6.84. The van der Waals surface area contributed by atoms with E-state index in [9.17, 15) is 22.4 Å². The Morgan fingerprint density at radius 1 is 0.472 bits per heavy atom. The first kappa shape index (κ1) is 42.0. The highest BCUT2D eigenvalue weighted by Crippen LogP contribution is 2.36. The molecule has 288 valence electrons. The molecule has 0 N–H and O–H groups in total. The van der Waals surface area contributed by atoms with Crippen molar-refractivity contribution in [1.29, 1.82) is 0 Å². The van der Waals surface area contributed by atoms with Crippen LogP contribution in [0.15, 0.2) is 82.6 Å². The van der Waals surface area contributed by atoms with Crippen molar-refractivity contribution in [3.63, 3.8) is 0 Å². The van der Waals surface area contributed by atoms with E-state index < -0.39 is 24.1 Å². The van der Waals surface area contributed by atoms with Crippen LogP contribution in [0, 0.1) is 0 Å². The van der Waals surface area contributed by atoms with Gasteiger partial charge >= 0.3 is 4.38 Å². The third kappa shape index (κ3) is 11.6. The number of ether oxygens (including phenoxy) is 2. The Kier molecular flexibility index (Phi) is 17.3. The summed E-state index contributed by atoms with van der Waals surface area (Å²) in [5.74, 6) is 1.02. The smallest absolute Gasteiger partial charge is 0.493 e. The van der Waals surface area contributed by atoms with Crippen molar-refractivity contribution in [2.45, 2.75) is 139 Å². The lowest BCUT2D eigenvalue weighted by Crippen LogP contribution is -2.26. The molecular formula is C43H58N2O6S2. The molecule has 4 aromatic carbocycles. The molecule has 0 radical (unpaired) electrons. The zero-order valence-electron chi connectivity index (χ0n) is 31.7. The number of hydrogen-bond donors (Lipinski definition) is 0. The molecule has 0 saturated heterocycles. The minimum atomic E-state index is -4.83. The van der Waals surface area contributed by atoms with Crippen LogP contribution in [0.1, 0.15) is 129 Å². The van der Waals surface area contributed by atoms with Crippen LogP contribution < -0.4 is 9.47 Å². The summed E-state index contributed by atoms with van der Waals surface area (Å²) < 4.78 is 67.4. The molecule has 0 bridgehead atoms. The molecule has 0 aliphatic rings. The Bertz CT molecular complexity index is 1880. The molecule has 4 aromatic rings. The lowest BCUT2D eigenvalue weighted by molar-refractivity contribution is 0.00381. The van der Waals surface area contributed by atoms with Crippen molar-refractivity contribution < 1.29 is 31.1 Å². The summed E-state index contributed by atoms with van der Waals surface area (Å²) >= 11 is 0. The molecule has 0 aliphatic heterocycles. The van der Waals surface area contributed by atoms with E-state index in [1.165, 1.54) is 89.2 Å². The number of hydrogen-bond acceptors (Lipinski definition) is 6. The predicted molar refractivity (Wildman–Crippen MR) is 216 cm³/mol. The van der Waals surface area contributed by atoms with Crippen molar-refractivity contribution in [2.24, 2.45) is 0 Å². The standard InChI is InChI=1S/C43H58N2O6S2/c1-3-5-7-9-11-13-15-17-23-33-50-39-29-31-41(37-27-21-19-25-35(37)39)52(46,47)43(45-44)53(48,49)42-32-30-40(36-26-20-22-28-38(36)42)51-34-24-18-16-14-12-10-8-6-4-2/h19-22,25-32H,3-18,23-24,33-34H2,1-2H3. The number of sulfone groups is 2. The van der Waals surface area contributed by atoms with Gasteiger partial charge in [-0.3, -0.25) is 0 Å². The van der Waals surface area contributed by atoms with E-state index >= 15 is 0 Å². The van der Waals surface area contributed by atoms with E-state index in [4.69, 9.17) is 9.47 Å². The number of nitrogens with zero attached hydrogens (tertiary/aromatic N) is 2. The van der Waals surface area contributed by atoms with Crippen LogP contribution in [0.25, 0.3) is 27.1 Å². The van der Waals surface area contributed by atoms with Gasteiger partial charge in [-0.1, -0.05) is 165 Å². The topological polar surface area (TPSA) is 123 Å². The first-order chi connectivity index (χ1) is 25.8. The number of benzene rings is 4. The molecule has 10 heteroatoms. The van der Waals surface area contributed by atoms with Crippen molar-refractivity contribution in [3.05, 3.63) is 78.3 Å². The van der Waals surface area contributed by atoms with Crippen LogP contribution in [0.3, 0.4) is 0 Å². The molecule has 0 unspecified atom stereocenters. The molecule has 0 amide bonds. The normalized spacial score (nSPS) is 11.9. The minimum absolute atomic E-state index is 0.276. The summed E-state index contributed by atoms with van der Waals surface area (Å²) in [6.07, 6.45) is 21.3. The Morgan fingerprint density at radius 3 is 1.13 bits per heavy atom. The van der Waals surface area contributed by atoms with Crippen LogP contribution in [0.2, 0.25) is 0 Å². The van der Waals surface area contributed by atoms with Crippen molar-refractivity contribution >= 4 is 45.6 Å². The second kappa shape index (κ2) is 21.9. The molecule has 0 fully saturated rings. The second-order valence-electron chi connectivity index (χ2n) is 13.9. The van der Waals surface area contributed by atoms with Crippen molar-refractivity contribution in [2.75, 3.05) is 13.2 Å². The third-order valence-electron chi connectivity index (χ3n) is 9.82. The maximum Gasteiger partial charge on any atom is 0.504 e. The van der Waals surface area contributed by atoms with Gasteiger partial charge in [-0.2, -0.15) is 0 Å². The van der Waals surface area contributed by atoms with E-state index in [-0.39, 0.29) is 20.6 Å². The number of fused-ring (bicyclic) bond motifs is 2. The lowest BCUT2D eigenvalue weighted by Gasteiger charge is -2.13. The average Bonchev–Trinajstić information content (AvgIpc) is 3.16. The van der Waals surface area contributed by atoms with E-state index in [1.807, 2.05) is 0 Å².